The Labute approximate surface area is 372 Å². The Morgan fingerprint density at radius 2 is 1.89 bits per heavy atom. The molecular formula is C49H57N7O6S. The highest BCUT2D eigenvalue weighted by Gasteiger charge is 2.45. The first kappa shape index (κ1) is 41.8. The van der Waals surface area contributed by atoms with E-state index in [9.17, 15) is 14.4 Å². The van der Waals surface area contributed by atoms with E-state index in [0.717, 1.165) is 88.8 Å². The van der Waals surface area contributed by atoms with Crippen LogP contribution in [0.1, 0.15) is 85.9 Å². The van der Waals surface area contributed by atoms with Crippen molar-refractivity contribution in [3.8, 4) is 22.5 Å². The first-order valence-electron chi connectivity index (χ1n) is 22.6. The number of anilines is 1. The van der Waals surface area contributed by atoms with Gasteiger partial charge in [-0.15, -0.1) is 11.3 Å². The molecule has 3 aromatic heterocycles. The molecule has 0 radical (unpaired) electrons. The molecule has 1 saturated carbocycles. The Balaban J connectivity index is 1.08. The van der Waals surface area contributed by atoms with Crippen molar-refractivity contribution < 1.29 is 28.6 Å². The van der Waals surface area contributed by atoms with Crippen molar-refractivity contribution in [2.75, 3.05) is 51.5 Å². The maximum Gasteiger partial charge on any atom is 0.324 e. The summed E-state index contributed by atoms with van der Waals surface area (Å²) in [5, 5.41) is 8.64. The largest absolute Gasteiger partial charge is 0.464 e. The number of carbonyl (C=O) groups is 3. The number of aromatic nitrogens is 3. The molecule has 2 amide bonds. The van der Waals surface area contributed by atoms with Gasteiger partial charge in [-0.3, -0.25) is 24.4 Å². The van der Waals surface area contributed by atoms with Gasteiger partial charge in [0, 0.05) is 72.9 Å². The number of pyridine rings is 1. The number of carbonyl (C=O) groups excluding carboxylic acids is 3. The van der Waals surface area contributed by atoms with E-state index in [0.29, 0.717) is 39.0 Å². The van der Waals surface area contributed by atoms with Crippen LogP contribution in [0.25, 0.3) is 33.4 Å². The van der Waals surface area contributed by atoms with Crippen LogP contribution in [0.5, 0.6) is 0 Å². The lowest BCUT2D eigenvalue weighted by Gasteiger charge is -2.35. The molecule has 5 aromatic rings. The number of hydrogen-bond acceptors (Lipinski definition) is 11. The average Bonchev–Trinajstić information content (AvgIpc) is 3.89. The number of hydrogen-bond donors (Lipinski definition) is 2. The molecule has 5 atom stereocenters. The fraction of sp³-hybridized carbons (Fsp3) is 0.490. The average molecular weight is 872 g/mol. The second-order valence-corrected chi connectivity index (χ2v) is 19.7. The third-order valence-electron chi connectivity index (χ3n) is 13.6. The zero-order chi connectivity index (χ0) is 43.4. The Bertz CT molecular complexity index is 2550. The van der Waals surface area contributed by atoms with E-state index in [4.69, 9.17) is 24.2 Å². The predicted molar refractivity (Wildman–Crippen MR) is 242 cm³/mol. The van der Waals surface area contributed by atoms with Crippen LogP contribution >= 0.6 is 11.3 Å². The molecule has 14 heteroatoms. The van der Waals surface area contributed by atoms with E-state index in [-0.39, 0.29) is 48.8 Å². The number of morpholine rings is 1. The molecule has 13 nitrogen and oxygen atoms in total. The summed E-state index contributed by atoms with van der Waals surface area (Å²) >= 11 is 1.51. The number of esters is 1. The van der Waals surface area contributed by atoms with Gasteiger partial charge in [0.25, 0.3) is 5.91 Å². The monoisotopic (exact) mass is 871 g/mol. The van der Waals surface area contributed by atoms with E-state index < -0.39 is 17.5 Å². The number of cyclic esters (lactones) is 1. The first-order valence-corrected chi connectivity index (χ1v) is 23.5. The Morgan fingerprint density at radius 3 is 2.70 bits per heavy atom. The highest BCUT2D eigenvalue weighted by atomic mass is 32.1. The fourth-order valence-electron chi connectivity index (χ4n) is 10.2. The zero-order valence-corrected chi connectivity index (χ0v) is 37.5. The lowest BCUT2D eigenvalue weighted by molar-refractivity contribution is -0.155. The van der Waals surface area contributed by atoms with E-state index in [2.05, 4.69) is 76.7 Å². The number of aryl methyl sites for hydroxylation is 2. The molecule has 2 N–H and O–H groups in total. The molecule has 4 aliphatic heterocycles. The van der Waals surface area contributed by atoms with E-state index in [1.807, 2.05) is 24.4 Å². The third-order valence-corrected chi connectivity index (χ3v) is 14.5. The number of benzene rings is 2. The van der Waals surface area contributed by atoms with Crippen molar-refractivity contribution in [2.45, 2.75) is 96.4 Å². The predicted octanol–water partition coefficient (Wildman–Crippen LogP) is 6.77. The summed E-state index contributed by atoms with van der Waals surface area (Å²) in [7, 11) is 1.73. The van der Waals surface area contributed by atoms with Crippen LogP contribution < -0.4 is 15.6 Å². The number of methoxy groups -OCH3 is 1. The molecule has 0 spiro atoms. The molecule has 3 fully saturated rings. The third kappa shape index (κ3) is 8.27. The number of thiazole rings is 1. The summed E-state index contributed by atoms with van der Waals surface area (Å²) in [6, 6.07) is 15.4. The van der Waals surface area contributed by atoms with Gasteiger partial charge in [-0.1, -0.05) is 44.2 Å². The number of rotatable bonds is 7. The van der Waals surface area contributed by atoms with Gasteiger partial charge in [0.05, 0.1) is 65.4 Å². The van der Waals surface area contributed by atoms with Crippen LogP contribution in [0.3, 0.4) is 0 Å². The fourth-order valence-corrected chi connectivity index (χ4v) is 11.0. The highest BCUT2D eigenvalue weighted by Crippen LogP contribution is 2.48. The summed E-state index contributed by atoms with van der Waals surface area (Å²) in [6.45, 7) is 10.7. The number of ether oxygens (including phenoxy) is 3. The van der Waals surface area contributed by atoms with Crippen LogP contribution in [-0.4, -0.2) is 96.0 Å². The van der Waals surface area contributed by atoms with Crippen LogP contribution in [-0.2, 0) is 54.4 Å². The molecule has 330 valence electrons. The molecule has 63 heavy (non-hydrogen) atoms. The molecule has 0 unspecified atom stereocenters. The van der Waals surface area contributed by atoms with Gasteiger partial charge in [0.1, 0.15) is 12.1 Å². The number of fused-ring (bicyclic) bond motifs is 6. The van der Waals surface area contributed by atoms with Crippen LogP contribution in [0, 0.1) is 11.3 Å². The van der Waals surface area contributed by atoms with Gasteiger partial charge in [-0.05, 0) is 86.3 Å². The second kappa shape index (κ2) is 17.1. The number of nitrogens with one attached hydrogen (secondary N) is 2. The summed E-state index contributed by atoms with van der Waals surface area (Å²) in [6.07, 6.45) is 6.37. The summed E-state index contributed by atoms with van der Waals surface area (Å²) in [5.41, 5.74) is 13.5. The van der Waals surface area contributed by atoms with Gasteiger partial charge >= 0.3 is 5.97 Å². The summed E-state index contributed by atoms with van der Waals surface area (Å²) in [4.78, 5) is 54.9. The lowest BCUT2D eigenvalue weighted by atomic mass is 9.84. The van der Waals surface area contributed by atoms with Crippen molar-refractivity contribution in [3.05, 3.63) is 87.5 Å². The Kier molecular flexibility index (Phi) is 11.4. The summed E-state index contributed by atoms with van der Waals surface area (Å²) < 4.78 is 20.4. The zero-order valence-electron chi connectivity index (χ0n) is 36.7. The number of nitrogens with zero attached hydrogens (tertiary/aromatic N) is 5. The Morgan fingerprint density at radius 1 is 1.06 bits per heavy atom. The Hall–Kier alpha value is -5.15. The molecular weight excluding hydrogens is 815 g/mol. The van der Waals surface area contributed by atoms with Crippen molar-refractivity contribution in [1.82, 2.24) is 30.3 Å². The maximum absolute atomic E-state index is 14.4. The van der Waals surface area contributed by atoms with E-state index >= 15 is 0 Å². The molecule has 10 rings (SSSR count). The van der Waals surface area contributed by atoms with Crippen LogP contribution in [0.4, 0.5) is 5.69 Å². The van der Waals surface area contributed by atoms with Crippen molar-refractivity contribution in [3.63, 3.8) is 0 Å². The van der Waals surface area contributed by atoms with Gasteiger partial charge in [-0.25, -0.2) is 10.4 Å². The van der Waals surface area contributed by atoms with Gasteiger partial charge < -0.3 is 29.0 Å². The minimum absolute atomic E-state index is 0.125. The standard InChI is InChI=1S/C49H57N7O6S/c1-29(60-4)43-37(22-33(26-50-43)54-16-18-61-19-17-54)45-38-25-49(2,3)28-62-48(59)39-13-9-15-56(53-39)47(58)40(52-46(57)36-23-34(36)30-10-6-5-7-11-30)24-42-51-41(27-63-42)32-20-31-12-8-14-55(45)44(31)35(38)21-32/h5-7,10-11,20-22,26-27,29,34,36,39-40,53H,8-9,12-19,23-25,28H2,1-4H3,(H,52,57)/t29-,34+,36-,39-,40-/m0/s1. The van der Waals surface area contributed by atoms with Crippen molar-refractivity contribution in [2.24, 2.45) is 11.3 Å². The topological polar surface area (TPSA) is 140 Å². The van der Waals surface area contributed by atoms with Gasteiger partial charge in [-0.2, -0.15) is 0 Å². The van der Waals surface area contributed by atoms with Crippen molar-refractivity contribution >= 4 is 45.7 Å². The normalized spacial score (nSPS) is 24.1. The van der Waals surface area contributed by atoms with Crippen LogP contribution in [0.2, 0.25) is 0 Å². The van der Waals surface area contributed by atoms with Gasteiger partial charge in [0.2, 0.25) is 5.91 Å². The smallest absolute Gasteiger partial charge is 0.324 e. The van der Waals surface area contributed by atoms with E-state index in [1.54, 1.807) is 7.11 Å². The minimum atomic E-state index is -0.869. The molecule has 2 saturated heterocycles. The van der Waals surface area contributed by atoms with Crippen LogP contribution in [0.15, 0.2) is 60.1 Å². The SMILES string of the molecule is CO[C@@H](C)c1ncc(N2CCOCC2)cc1-c1c2c3cc(cc4c3n1CCC4)-c1csc(n1)C[C@H](NC(=O)[C@H]1C[C@@H]1c1ccccc1)C(=O)N1CCC[C@H](N1)C(=O)OCC(C)(C)C2. The summed E-state index contributed by atoms with van der Waals surface area (Å²) in [5.74, 6) is -0.891. The van der Waals surface area contributed by atoms with E-state index in [1.165, 1.54) is 33.0 Å². The minimum Gasteiger partial charge on any atom is -0.464 e. The maximum atomic E-state index is 14.4. The lowest BCUT2D eigenvalue weighted by Crippen LogP contribution is -2.60. The highest BCUT2D eigenvalue weighted by molar-refractivity contribution is 7.10. The molecule has 7 heterocycles. The number of amides is 2. The molecule has 1 aliphatic carbocycles. The second-order valence-electron chi connectivity index (χ2n) is 18.7. The molecule has 6 bridgehead atoms. The first-order chi connectivity index (χ1) is 30.5. The number of hydrazine groups is 1. The van der Waals surface area contributed by atoms with Gasteiger partial charge in [0.15, 0.2) is 0 Å². The quantitative estimate of drug-likeness (QED) is 0.169. The molecule has 5 aliphatic rings. The van der Waals surface area contributed by atoms with Crippen molar-refractivity contribution in [1.29, 1.82) is 0 Å². The molecule has 2 aromatic carbocycles.